The first-order chi connectivity index (χ1) is 10.0. The van der Waals surface area contributed by atoms with Gasteiger partial charge in [-0.3, -0.25) is 0 Å². The molecule has 1 saturated heterocycles. The molecule has 0 saturated carbocycles. The molecule has 2 atom stereocenters. The first-order valence-electron chi connectivity index (χ1n) is 7.38. The Morgan fingerprint density at radius 1 is 1.48 bits per heavy atom. The van der Waals surface area contributed by atoms with Crippen molar-refractivity contribution in [3.05, 3.63) is 16.1 Å². The molecule has 7 heteroatoms. The van der Waals surface area contributed by atoms with Gasteiger partial charge in [-0.15, -0.1) is 11.3 Å². The van der Waals surface area contributed by atoms with Gasteiger partial charge in [0.1, 0.15) is 0 Å². The molecule has 1 aromatic rings. The van der Waals surface area contributed by atoms with Crippen molar-refractivity contribution in [3.8, 4) is 0 Å². The Balaban J connectivity index is 1.95. The highest BCUT2D eigenvalue weighted by Gasteiger charge is 2.35. The number of rotatable bonds is 6. The summed E-state index contributed by atoms with van der Waals surface area (Å²) >= 11 is 0.735. The van der Waals surface area contributed by atoms with Crippen LogP contribution in [-0.2, 0) is 10.9 Å². The first-order valence-corrected chi connectivity index (χ1v) is 8.20. The highest BCUT2D eigenvalue weighted by molar-refractivity contribution is 7.11. The molecule has 1 aromatic heterocycles. The van der Waals surface area contributed by atoms with Crippen LogP contribution in [0.25, 0.3) is 0 Å². The second-order valence-corrected chi connectivity index (χ2v) is 6.30. The molecule has 0 aliphatic carbocycles. The van der Waals surface area contributed by atoms with E-state index >= 15 is 0 Å². The van der Waals surface area contributed by atoms with E-state index in [1.807, 2.05) is 6.92 Å². The monoisotopic (exact) mass is 322 g/mol. The highest BCUT2D eigenvalue weighted by atomic mass is 32.1. The predicted octanol–water partition coefficient (Wildman–Crippen LogP) is 4.16. The molecule has 1 aliphatic rings. The van der Waals surface area contributed by atoms with Gasteiger partial charge >= 0.3 is 6.18 Å². The summed E-state index contributed by atoms with van der Waals surface area (Å²) < 4.78 is 43.6. The fourth-order valence-electron chi connectivity index (χ4n) is 2.56. The van der Waals surface area contributed by atoms with Crippen LogP contribution >= 0.6 is 11.3 Å². The molecule has 3 nitrogen and oxygen atoms in total. The Kier molecular flexibility index (Phi) is 6.01. The van der Waals surface area contributed by atoms with E-state index in [1.54, 1.807) is 0 Å². The van der Waals surface area contributed by atoms with Gasteiger partial charge in [-0.2, -0.15) is 13.2 Å². The number of alkyl halides is 3. The molecule has 2 rings (SSSR count). The van der Waals surface area contributed by atoms with Gasteiger partial charge in [-0.05, 0) is 38.6 Å². The van der Waals surface area contributed by atoms with E-state index in [9.17, 15) is 13.2 Å². The summed E-state index contributed by atoms with van der Waals surface area (Å²) in [7, 11) is 0. The Bertz CT molecular complexity index is 430. The molecular weight excluding hydrogens is 301 g/mol. The van der Waals surface area contributed by atoms with Crippen LogP contribution in [0.1, 0.15) is 55.0 Å². The molecule has 0 aromatic carbocycles. The van der Waals surface area contributed by atoms with Crippen molar-refractivity contribution in [2.24, 2.45) is 0 Å². The highest BCUT2D eigenvalue weighted by Crippen LogP contribution is 2.35. The van der Waals surface area contributed by atoms with E-state index in [0.717, 1.165) is 50.2 Å². The van der Waals surface area contributed by atoms with Crippen LogP contribution in [0.15, 0.2) is 6.20 Å². The average Bonchev–Trinajstić information content (AvgIpc) is 2.94. The fourth-order valence-corrected chi connectivity index (χ4v) is 3.45. The summed E-state index contributed by atoms with van der Waals surface area (Å²) in [5, 5.41) is 2.48. The second-order valence-electron chi connectivity index (χ2n) is 5.24. The van der Waals surface area contributed by atoms with E-state index in [-0.39, 0.29) is 12.1 Å². The van der Waals surface area contributed by atoms with Gasteiger partial charge in [-0.1, -0.05) is 6.92 Å². The van der Waals surface area contributed by atoms with Crippen LogP contribution in [0.5, 0.6) is 0 Å². The molecule has 1 aliphatic heterocycles. The Labute approximate surface area is 126 Å². The normalized spacial score (nSPS) is 21.4. The first kappa shape index (κ1) is 16.7. The van der Waals surface area contributed by atoms with Gasteiger partial charge in [-0.25, -0.2) is 4.98 Å². The predicted molar refractivity (Wildman–Crippen MR) is 76.4 cm³/mol. The molecule has 0 radical (unpaired) electrons. The number of halogens is 3. The van der Waals surface area contributed by atoms with Crippen molar-refractivity contribution >= 4 is 11.3 Å². The molecule has 2 heterocycles. The van der Waals surface area contributed by atoms with Crippen molar-refractivity contribution < 1.29 is 17.9 Å². The van der Waals surface area contributed by atoms with Crippen molar-refractivity contribution in [1.29, 1.82) is 0 Å². The molecule has 1 N–H and O–H groups in total. The number of ether oxygens (including phenoxy) is 1. The van der Waals surface area contributed by atoms with Gasteiger partial charge in [0.2, 0.25) is 0 Å². The van der Waals surface area contributed by atoms with E-state index < -0.39 is 11.2 Å². The summed E-state index contributed by atoms with van der Waals surface area (Å²) in [6.45, 7) is 3.47. The number of nitrogens with zero attached hydrogens (tertiary/aromatic N) is 1. The zero-order valence-corrected chi connectivity index (χ0v) is 12.9. The van der Waals surface area contributed by atoms with Crippen molar-refractivity contribution in [2.45, 2.75) is 57.3 Å². The maximum Gasteiger partial charge on any atom is 0.443 e. The standard InChI is InChI=1S/C14H21F3N2OS/c1-2-18-11(7-6-10-5-3-4-8-20-10)12-9-19-13(21-12)14(15,16)17/h9-11,18H,2-8H2,1H3. The van der Waals surface area contributed by atoms with Crippen LogP contribution in [0, 0.1) is 0 Å². The third kappa shape index (κ3) is 4.93. The minimum absolute atomic E-state index is 0.0749. The summed E-state index contributed by atoms with van der Waals surface area (Å²) in [5.41, 5.74) is 0. The topological polar surface area (TPSA) is 34.1 Å². The van der Waals surface area contributed by atoms with E-state index in [0.29, 0.717) is 4.88 Å². The van der Waals surface area contributed by atoms with Crippen LogP contribution in [0.4, 0.5) is 13.2 Å². The number of nitrogens with one attached hydrogen (secondary N) is 1. The summed E-state index contributed by atoms with van der Waals surface area (Å²) in [4.78, 5) is 4.16. The van der Waals surface area contributed by atoms with Crippen LogP contribution < -0.4 is 5.32 Å². The fraction of sp³-hybridized carbons (Fsp3) is 0.786. The summed E-state index contributed by atoms with van der Waals surface area (Å²) in [6, 6.07) is -0.0749. The maximum absolute atomic E-state index is 12.6. The minimum Gasteiger partial charge on any atom is -0.378 e. The van der Waals surface area contributed by atoms with Gasteiger partial charge in [0, 0.05) is 23.7 Å². The Morgan fingerprint density at radius 2 is 2.29 bits per heavy atom. The molecule has 0 spiro atoms. The zero-order chi connectivity index (χ0) is 15.3. The Morgan fingerprint density at radius 3 is 2.86 bits per heavy atom. The largest absolute Gasteiger partial charge is 0.443 e. The lowest BCUT2D eigenvalue weighted by Crippen LogP contribution is -2.24. The van der Waals surface area contributed by atoms with E-state index in [2.05, 4.69) is 10.3 Å². The number of hydrogen-bond donors (Lipinski definition) is 1. The summed E-state index contributed by atoms with van der Waals surface area (Å²) in [6.07, 6.45) is 2.22. The lowest BCUT2D eigenvalue weighted by molar-refractivity contribution is -0.137. The van der Waals surface area contributed by atoms with Crippen molar-refractivity contribution in [3.63, 3.8) is 0 Å². The number of aromatic nitrogens is 1. The molecule has 21 heavy (non-hydrogen) atoms. The van der Waals surface area contributed by atoms with Crippen molar-refractivity contribution in [2.75, 3.05) is 13.2 Å². The zero-order valence-electron chi connectivity index (χ0n) is 12.1. The second kappa shape index (κ2) is 7.56. The number of thiazole rings is 1. The average molecular weight is 322 g/mol. The van der Waals surface area contributed by atoms with Crippen LogP contribution in [0.3, 0.4) is 0 Å². The third-order valence-corrected chi connectivity index (χ3v) is 4.77. The third-order valence-electron chi connectivity index (χ3n) is 3.61. The molecule has 1 fully saturated rings. The lowest BCUT2D eigenvalue weighted by Gasteiger charge is -2.24. The smallest absolute Gasteiger partial charge is 0.378 e. The quantitative estimate of drug-likeness (QED) is 0.854. The van der Waals surface area contributed by atoms with Crippen molar-refractivity contribution in [1.82, 2.24) is 10.3 Å². The van der Waals surface area contributed by atoms with Gasteiger partial charge in [0.05, 0.1) is 6.10 Å². The van der Waals surface area contributed by atoms with Gasteiger partial charge in [0.15, 0.2) is 5.01 Å². The van der Waals surface area contributed by atoms with Crippen LogP contribution in [0.2, 0.25) is 0 Å². The minimum atomic E-state index is -4.35. The van der Waals surface area contributed by atoms with E-state index in [4.69, 9.17) is 4.74 Å². The van der Waals surface area contributed by atoms with E-state index in [1.165, 1.54) is 12.6 Å². The van der Waals surface area contributed by atoms with Gasteiger partial charge in [0.25, 0.3) is 0 Å². The SMILES string of the molecule is CCNC(CCC1CCCCO1)c1cnc(C(F)(F)F)s1. The molecule has 2 unspecified atom stereocenters. The Hall–Kier alpha value is -0.660. The van der Waals surface area contributed by atoms with Crippen LogP contribution in [-0.4, -0.2) is 24.2 Å². The maximum atomic E-state index is 12.6. The molecule has 0 amide bonds. The molecule has 120 valence electrons. The molecular formula is C14H21F3N2OS. The van der Waals surface area contributed by atoms with Gasteiger partial charge < -0.3 is 10.1 Å². The number of hydrogen-bond acceptors (Lipinski definition) is 4. The lowest BCUT2D eigenvalue weighted by atomic mass is 10.0. The summed E-state index contributed by atoms with van der Waals surface area (Å²) in [5.74, 6) is 0. The molecule has 0 bridgehead atoms.